The highest BCUT2D eigenvalue weighted by atomic mass is 16.5. The topological polar surface area (TPSA) is 50.6 Å². The van der Waals surface area contributed by atoms with Crippen molar-refractivity contribution < 1.29 is 9.53 Å². The van der Waals surface area contributed by atoms with Crippen LogP contribution in [-0.4, -0.2) is 63.3 Å². The second-order valence-electron chi connectivity index (χ2n) is 8.49. The Hall–Kier alpha value is -2.34. The lowest BCUT2D eigenvalue weighted by atomic mass is 9.79. The molecule has 29 heavy (non-hydrogen) atoms. The molecule has 2 atom stereocenters. The van der Waals surface area contributed by atoms with Crippen LogP contribution in [0.1, 0.15) is 33.1 Å². The van der Waals surface area contributed by atoms with Gasteiger partial charge in [-0.3, -0.25) is 14.4 Å². The third kappa shape index (κ3) is 4.64. The van der Waals surface area contributed by atoms with E-state index in [0.717, 1.165) is 38.2 Å². The fourth-order valence-corrected chi connectivity index (χ4v) is 4.71. The molecular formula is C23H32N4O2. The highest BCUT2D eigenvalue weighted by molar-refractivity contribution is 5.76. The van der Waals surface area contributed by atoms with Crippen molar-refractivity contribution in [2.75, 3.05) is 19.6 Å². The van der Waals surface area contributed by atoms with Crippen molar-refractivity contribution in [3.63, 3.8) is 0 Å². The van der Waals surface area contributed by atoms with Crippen LogP contribution in [0, 0.1) is 5.92 Å². The summed E-state index contributed by atoms with van der Waals surface area (Å²) in [7, 11) is 0. The first-order valence-corrected chi connectivity index (χ1v) is 10.8. The van der Waals surface area contributed by atoms with Crippen LogP contribution in [0.25, 0.3) is 0 Å². The molecule has 0 N–H and O–H groups in total. The van der Waals surface area contributed by atoms with Crippen molar-refractivity contribution >= 4 is 5.91 Å². The maximum absolute atomic E-state index is 12.6. The van der Waals surface area contributed by atoms with Crippen molar-refractivity contribution in [2.45, 2.75) is 57.8 Å². The van der Waals surface area contributed by atoms with Gasteiger partial charge >= 0.3 is 0 Å². The van der Waals surface area contributed by atoms with E-state index in [1.807, 2.05) is 52.2 Å². The van der Waals surface area contributed by atoms with Gasteiger partial charge in [-0.25, -0.2) is 0 Å². The summed E-state index contributed by atoms with van der Waals surface area (Å²) in [4.78, 5) is 17.2. The van der Waals surface area contributed by atoms with E-state index in [4.69, 9.17) is 4.74 Å². The molecule has 1 aromatic heterocycles. The third-order valence-corrected chi connectivity index (χ3v) is 6.34. The van der Waals surface area contributed by atoms with E-state index in [1.54, 1.807) is 6.20 Å². The number of carbonyl (C=O) groups is 1. The molecular weight excluding hydrogens is 364 g/mol. The number of ether oxygens (including phenoxy) is 1. The van der Waals surface area contributed by atoms with Crippen molar-refractivity contribution in [1.29, 1.82) is 0 Å². The van der Waals surface area contributed by atoms with Gasteiger partial charge in [-0.15, -0.1) is 0 Å². The van der Waals surface area contributed by atoms with Crippen molar-refractivity contribution in [1.82, 2.24) is 19.6 Å². The molecule has 0 bridgehead atoms. The van der Waals surface area contributed by atoms with E-state index < -0.39 is 0 Å². The summed E-state index contributed by atoms with van der Waals surface area (Å²) in [5, 5.41) is 4.18. The Morgan fingerprint density at radius 1 is 1.17 bits per heavy atom. The van der Waals surface area contributed by atoms with Gasteiger partial charge in [-0.2, -0.15) is 5.10 Å². The van der Waals surface area contributed by atoms with Crippen molar-refractivity contribution in [3.05, 3.63) is 48.8 Å². The van der Waals surface area contributed by atoms with Gasteiger partial charge in [0.25, 0.3) is 0 Å². The first-order chi connectivity index (χ1) is 14.1. The van der Waals surface area contributed by atoms with E-state index >= 15 is 0 Å². The SMILES string of the molecule is CC(C)N1C[C@H](Oc2ccccc2)[C@@H]1C1CCN(C(=O)CCn2cccn2)CC1. The highest BCUT2D eigenvalue weighted by Crippen LogP contribution is 2.36. The average molecular weight is 397 g/mol. The Morgan fingerprint density at radius 2 is 1.93 bits per heavy atom. The molecule has 2 fully saturated rings. The Kier molecular flexibility index (Phi) is 6.19. The Labute approximate surface area is 173 Å². The fourth-order valence-electron chi connectivity index (χ4n) is 4.71. The van der Waals surface area contributed by atoms with Gasteiger partial charge in [-0.05, 0) is 50.8 Å². The molecule has 2 saturated heterocycles. The minimum absolute atomic E-state index is 0.241. The number of nitrogens with zero attached hydrogens (tertiary/aromatic N) is 4. The monoisotopic (exact) mass is 396 g/mol. The van der Waals surface area contributed by atoms with E-state index in [2.05, 4.69) is 23.8 Å². The molecule has 6 nitrogen and oxygen atoms in total. The van der Waals surface area contributed by atoms with Gasteiger partial charge in [0.2, 0.25) is 5.91 Å². The highest BCUT2D eigenvalue weighted by Gasteiger charge is 2.47. The summed E-state index contributed by atoms with van der Waals surface area (Å²) in [5.74, 6) is 1.78. The zero-order valence-corrected chi connectivity index (χ0v) is 17.5. The number of likely N-dealkylation sites (tertiary alicyclic amines) is 2. The number of para-hydroxylation sites is 1. The van der Waals surface area contributed by atoms with Gasteiger partial charge in [-0.1, -0.05) is 18.2 Å². The predicted octanol–water partition coefficient (Wildman–Crippen LogP) is 3.05. The molecule has 0 aliphatic carbocycles. The van der Waals surface area contributed by atoms with Gasteiger partial charge in [0.15, 0.2) is 0 Å². The first-order valence-electron chi connectivity index (χ1n) is 10.8. The third-order valence-electron chi connectivity index (χ3n) is 6.34. The number of amides is 1. The summed E-state index contributed by atoms with van der Waals surface area (Å²) in [5.41, 5.74) is 0. The number of piperidine rings is 1. The van der Waals surface area contributed by atoms with E-state index in [-0.39, 0.29) is 12.0 Å². The predicted molar refractivity (Wildman–Crippen MR) is 113 cm³/mol. The lowest BCUT2D eigenvalue weighted by Gasteiger charge is -2.54. The second-order valence-corrected chi connectivity index (χ2v) is 8.49. The zero-order valence-electron chi connectivity index (χ0n) is 17.5. The minimum atomic E-state index is 0.241. The molecule has 1 aromatic carbocycles. The molecule has 6 heteroatoms. The van der Waals surface area contributed by atoms with Crippen LogP contribution in [-0.2, 0) is 11.3 Å². The van der Waals surface area contributed by atoms with Crippen LogP contribution < -0.4 is 4.74 Å². The summed E-state index contributed by atoms with van der Waals surface area (Å²) in [6.45, 7) is 7.87. The van der Waals surface area contributed by atoms with Crippen LogP contribution in [0.4, 0.5) is 0 Å². The molecule has 1 amide bonds. The molecule has 4 rings (SSSR count). The Bertz CT molecular complexity index is 769. The molecule has 0 unspecified atom stereocenters. The standard InChI is InChI=1S/C23H32N4O2/c1-18(2)27-17-21(29-20-7-4-3-5-8-20)23(27)19-9-14-25(15-10-19)22(28)11-16-26-13-6-12-24-26/h3-8,12-13,18-19,21,23H,9-11,14-17H2,1-2H3/t21-,23-/m0/s1. The molecule has 0 saturated carbocycles. The van der Waals surface area contributed by atoms with Gasteiger partial charge in [0, 0.05) is 51.0 Å². The zero-order chi connectivity index (χ0) is 20.2. The smallest absolute Gasteiger partial charge is 0.224 e. The molecule has 2 aliphatic rings. The van der Waals surface area contributed by atoms with Crippen LogP contribution in [0.5, 0.6) is 5.75 Å². The lowest BCUT2D eigenvalue weighted by Crippen LogP contribution is -2.68. The summed E-state index contributed by atoms with van der Waals surface area (Å²) in [6, 6.07) is 13.0. The van der Waals surface area contributed by atoms with E-state index in [9.17, 15) is 4.79 Å². The van der Waals surface area contributed by atoms with Crippen LogP contribution >= 0.6 is 0 Å². The Balaban J connectivity index is 1.31. The lowest BCUT2D eigenvalue weighted by molar-refractivity contribution is -0.135. The van der Waals surface area contributed by atoms with Gasteiger partial charge in [0.05, 0.1) is 6.04 Å². The molecule has 0 spiro atoms. The van der Waals surface area contributed by atoms with Gasteiger partial charge < -0.3 is 9.64 Å². The minimum Gasteiger partial charge on any atom is -0.487 e. The first kappa shape index (κ1) is 20.0. The number of carbonyl (C=O) groups excluding carboxylic acids is 1. The van der Waals surface area contributed by atoms with Crippen LogP contribution in [0.15, 0.2) is 48.8 Å². The maximum Gasteiger partial charge on any atom is 0.224 e. The molecule has 3 heterocycles. The fraction of sp³-hybridized carbons (Fsp3) is 0.565. The maximum atomic E-state index is 12.6. The van der Waals surface area contributed by atoms with Crippen molar-refractivity contribution in [2.24, 2.45) is 5.92 Å². The number of benzene rings is 1. The average Bonchev–Trinajstić information content (AvgIpc) is 3.24. The number of hydrogen-bond donors (Lipinski definition) is 0. The molecule has 0 radical (unpaired) electrons. The quantitative estimate of drug-likeness (QED) is 0.722. The number of rotatable bonds is 7. The van der Waals surface area contributed by atoms with Crippen LogP contribution in [0.3, 0.4) is 0 Å². The molecule has 2 aliphatic heterocycles. The number of aromatic nitrogens is 2. The second kappa shape index (κ2) is 8.99. The normalized spacial score (nSPS) is 23.2. The summed E-state index contributed by atoms with van der Waals surface area (Å²) in [6.07, 6.45) is 6.53. The van der Waals surface area contributed by atoms with Crippen LogP contribution in [0.2, 0.25) is 0 Å². The Morgan fingerprint density at radius 3 is 2.59 bits per heavy atom. The van der Waals surface area contributed by atoms with E-state index in [0.29, 0.717) is 31.0 Å². The van der Waals surface area contributed by atoms with Gasteiger partial charge in [0.1, 0.15) is 11.9 Å². The van der Waals surface area contributed by atoms with Crippen molar-refractivity contribution in [3.8, 4) is 5.75 Å². The van der Waals surface area contributed by atoms with E-state index in [1.165, 1.54) is 0 Å². The number of aryl methyl sites for hydroxylation is 1. The largest absolute Gasteiger partial charge is 0.487 e. The molecule has 2 aromatic rings. The summed E-state index contributed by atoms with van der Waals surface area (Å²) >= 11 is 0. The molecule has 156 valence electrons. The summed E-state index contributed by atoms with van der Waals surface area (Å²) < 4.78 is 8.14. The number of hydrogen-bond acceptors (Lipinski definition) is 4.